The third-order valence-corrected chi connectivity index (χ3v) is 4.68. The normalized spacial score (nSPS) is 22.9. The summed E-state index contributed by atoms with van der Waals surface area (Å²) in [5, 5.41) is 12.3. The minimum absolute atomic E-state index is 0.108. The van der Waals surface area contributed by atoms with Crippen LogP contribution in [0.1, 0.15) is 55.3 Å². The zero-order chi connectivity index (χ0) is 16.3. The summed E-state index contributed by atoms with van der Waals surface area (Å²) in [6.07, 6.45) is 3.10. The van der Waals surface area contributed by atoms with E-state index in [1.807, 2.05) is 26.8 Å². The Hall–Kier alpha value is -1.84. The van der Waals surface area contributed by atoms with Gasteiger partial charge < -0.3 is 10.4 Å². The van der Waals surface area contributed by atoms with Crippen LogP contribution in [0.25, 0.3) is 0 Å². The molecule has 1 saturated carbocycles. The van der Waals surface area contributed by atoms with Crippen molar-refractivity contribution in [3.63, 3.8) is 0 Å². The third-order valence-electron chi connectivity index (χ3n) is 4.68. The molecule has 1 aromatic carbocycles. The van der Waals surface area contributed by atoms with Gasteiger partial charge in [0.05, 0.1) is 17.9 Å². The number of aryl methyl sites for hydroxylation is 2. The van der Waals surface area contributed by atoms with E-state index in [4.69, 9.17) is 0 Å². The summed E-state index contributed by atoms with van der Waals surface area (Å²) < 4.78 is 0. The molecule has 0 saturated heterocycles. The standard InChI is InChI=1S/C18H25NO3/c1-11-8-9-12(2)16(10-11)13(3)19-17(20)14-6-4-5-7-15(14)18(21)22/h8-10,13-15H,4-7H2,1-3H3,(H,19,20)(H,21,22)/t13-,14-,15+/m1/s1. The number of nitrogens with one attached hydrogen (secondary N) is 1. The highest BCUT2D eigenvalue weighted by atomic mass is 16.4. The fraction of sp³-hybridized carbons (Fsp3) is 0.556. The van der Waals surface area contributed by atoms with Gasteiger partial charge >= 0.3 is 5.97 Å². The van der Waals surface area contributed by atoms with E-state index in [9.17, 15) is 14.7 Å². The average molecular weight is 303 g/mol. The van der Waals surface area contributed by atoms with Gasteiger partial charge in [-0.1, -0.05) is 36.6 Å². The molecule has 120 valence electrons. The van der Waals surface area contributed by atoms with E-state index >= 15 is 0 Å². The van der Waals surface area contributed by atoms with E-state index in [-0.39, 0.29) is 11.9 Å². The van der Waals surface area contributed by atoms with Gasteiger partial charge in [-0.25, -0.2) is 0 Å². The van der Waals surface area contributed by atoms with Gasteiger partial charge in [0, 0.05) is 0 Å². The maximum atomic E-state index is 12.5. The molecule has 1 aliphatic carbocycles. The molecule has 1 amide bonds. The molecular weight excluding hydrogens is 278 g/mol. The Balaban J connectivity index is 2.10. The number of hydrogen-bond acceptors (Lipinski definition) is 2. The first-order valence-electron chi connectivity index (χ1n) is 8.00. The molecule has 4 nitrogen and oxygen atoms in total. The van der Waals surface area contributed by atoms with Crippen LogP contribution < -0.4 is 5.32 Å². The van der Waals surface area contributed by atoms with Crippen LogP contribution in [0.5, 0.6) is 0 Å². The van der Waals surface area contributed by atoms with Crippen LogP contribution >= 0.6 is 0 Å². The predicted octanol–water partition coefficient (Wildman–Crippen LogP) is 3.37. The molecule has 4 heteroatoms. The molecule has 0 radical (unpaired) electrons. The highest BCUT2D eigenvalue weighted by Gasteiger charge is 2.36. The molecule has 2 rings (SSSR count). The average Bonchev–Trinajstić information content (AvgIpc) is 2.49. The van der Waals surface area contributed by atoms with E-state index < -0.39 is 17.8 Å². The molecule has 0 bridgehead atoms. The van der Waals surface area contributed by atoms with E-state index in [1.54, 1.807) is 0 Å². The van der Waals surface area contributed by atoms with Crippen LogP contribution in [0, 0.1) is 25.7 Å². The number of carboxylic acids is 1. The number of aliphatic carboxylic acids is 1. The van der Waals surface area contributed by atoms with Gasteiger partial charge in [0.2, 0.25) is 5.91 Å². The lowest BCUT2D eigenvalue weighted by molar-refractivity contribution is -0.149. The van der Waals surface area contributed by atoms with Crippen molar-refractivity contribution in [2.75, 3.05) is 0 Å². The summed E-state index contributed by atoms with van der Waals surface area (Å²) in [4.78, 5) is 23.9. The fourth-order valence-electron chi connectivity index (χ4n) is 3.36. The molecule has 0 aliphatic heterocycles. The Labute approximate surface area is 131 Å². The van der Waals surface area contributed by atoms with Crippen molar-refractivity contribution in [2.45, 2.75) is 52.5 Å². The Morgan fingerprint density at radius 2 is 1.82 bits per heavy atom. The Kier molecular flexibility index (Phi) is 5.22. The Bertz CT molecular complexity index is 567. The van der Waals surface area contributed by atoms with E-state index in [1.165, 1.54) is 0 Å². The van der Waals surface area contributed by atoms with Gasteiger partial charge in [0.1, 0.15) is 0 Å². The van der Waals surface area contributed by atoms with Crippen molar-refractivity contribution >= 4 is 11.9 Å². The lowest BCUT2D eigenvalue weighted by atomic mass is 9.78. The van der Waals surface area contributed by atoms with E-state index in [2.05, 4.69) is 17.4 Å². The molecule has 1 aromatic rings. The van der Waals surface area contributed by atoms with Gasteiger partial charge in [0.15, 0.2) is 0 Å². The second-order valence-corrected chi connectivity index (χ2v) is 6.43. The van der Waals surface area contributed by atoms with Crippen LogP contribution in [0.4, 0.5) is 0 Å². The summed E-state index contributed by atoms with van der Waals surface area (Å²) in [6.45, 7) is 6.01. The molecule has 0 unspecified atom stereocenters. The fourth-order valence-corrected chi connectivity index (χ4v) is 3.36. The zero-order valence-electron chi connectivity index (χ0n) is 13.6. The van der Waals surface area contributed by atoms with Crippen LogP contribution in [-0.2, 0) is 9.59 Å². The molecule has 0 spiro atoms. The second-order valence-electron chi connectivity index (χ2n) is 6.43. The van der Waals surface area contributed by atoms with E-state index in [0.717, 1.165) is 29.5 Å². The summed E-state index contributed by atoms with van der Waals surface area (Å²) >= 11 is 0. The molecule has 22 heavy (non-hydrogen) atoms. The van der Waals surface area contributed by atoms with Crippen molar-refractivity contribution in [3.05, 3.63) is 34.9 Å². The van der Waals surface area contributed by atoms with Crippen molar-refractivity contribution in [1.82, 2.24) is 5.32 Å². The molecule has 2 N–H and O–H groups in total. The molecule has 1 fully saturated rings. The number of carbonyl (C=O) groups excluding carboxylic acids is 1. The minimum atomic E-state index is -0.848. The number of hydrogen-bond donors (Lipinski definition) is 2. The van der Waals surface area contributed by atoms with Crippen LogP contribution in [0.3, 0.4) is 0 Å². The van der Waals surface area contributed by atoms with Crippen molar-refractivity contribution in [1.29, 1.82) is 0 Å². The van der Waals surface area contributed by atoms with Gasteiger partial charge in [-0.05, 0) is 44.7 Å². The summed E-state index contributed by atoms with van der Waals surface area (Å²) in [5.74, 6) is -1.92. The molecule has 3 atom stereocenters. The Morgan fingerprint density at radius 3 is 2.45 bits per heavy atom. The lowest BCUT2D eigenvalue weighted by Crippen LogP contribution is -2.40. The Morgan fingerprint density at radius 1 is 1.18 bits per heavy atom. The highest BCUT2D eigenvalue weighted by molar-refractivity contribution is 5.85. The SMILES string of the molecule is Cc1ccc(C)c([C@@H](C)NC(=O)[C@@H]2CCCC[C@@H]2C(=O)O)c1. The summed E-state index contributed by atoms with van der Waals surface area (Å²) in [7, 11) is 0. The summed E-state index contributed by atoms with van der Waals surface area (Å²) in [5.41, 5.74) is 3.38. The topological polar surface area (TPSA) is 66.4 Å². The van der Waals surface area contributed by atoms with Crippen LogP contribution in [0.2, 0.25) is 0 Å². The number of rotatable bonds is 4. The highest BCUT2D eigenvalue weighted by Crippen LogP contribution is 2.31. The third kappa shape index (κ3) is 3.67. The van der Waals surface area contributed by atoms with Gasteiger partial charge in [-0.2, -0.15) is 0 Å². The largest absolute Gasteiger partial charge is 0.481 e. The first-order chi connectivity index (χ1) is 10.4. The summed E-state index contributed by atoms with van der Waals surface area (Å²) in [6, 6.07) is 6.07. The van der Waals surface area contributed by atoms with Crippen LogP contribution in [0.15, 0.2) is 18.2 Å². The minimum Gasteiger partial charge on any atom is -0.481 e. The number of benzene rings is 1. The van der Waals surface area contributed by atoms with Crippen molar-refractivity contribution in [2.24, 2.45) is 11.8 Å². The quantitative estimate of drug-likeness (QED) is 0.896. The first-order valence-corrected chi connectivity index (χ1v) is 8.00. The molecular formula is C18H25NO3. The maximum absolute atomic E-state index is 12.5. The molecule has 0 aromatic heterocycles. The van der Waals surface area contributed by atoms with Gasteiger partial charge in [-0.15, -0.1) is 0 Å². The van der Waals surface area contributed by atoms with Crippen molar-refractivity contribution < 1.29 is 14.7 Å². The number of carboxylic acid groups (broad SMARTS) is 1. The second kappa shape index (κ2) is 6.95. The van der Waals surface area contributed by atoms with Gasteiger partial charge in [-0.3, -0.25) is 9.59 Å². The smallest absolute Gasteiger partial charge is 0.307 e. The van der Waals surface area contributed by atoms with Gasteiger partial charge in [0.25, 0.3) is 0 Å². The maximum Gasteiger partial charge on any atom is 0.307 e. The lowest BCUT2D eigenvalue weighted by Gasteiger charge is -2.29. The molecule has 0 heterocycles. The first kappa shape index (κ1) is 16.5. The van der Waals surface area contributed by atoms with E-state index in [0.29, 0.717) is 12.8 Å². The zero-order valence-corrected chi connectivity index (χ0v) is 13.6. The number of amides is 1. The number of carbonyl (C=O) groups is 2. The molecule has 1 aliphatic rings. The van der Waals surface area contributed by atoms with Crippen LogP contribution in [-0.4, -0.2) is 17.0 Å². The monoisotopic (exact) mass is 303 g/mol. The van der Waals surface area contributed by atoms with Crippen molar-refractivity contribution in [3.8, 4) is 0 Å². The predicted molar refractivity (Wildman–Crippen MR) is 85.6 cm³/mol.